The van der Waals surface area contributed by atoms with Crippen molar-refractivity contribution in [2.45, 2.75) is 58.7 Å². The van der Waals surface area contributed by atoms with Gasteiger partial charge in [0.25, 0.3) is 5.91 Å². The summed E-state index contributed by atoms with van der Waals surface area (Å²) in [6.07, 6.45) is 5.92. The SMILES string of the molecule is Cc1ccc2c(c1)Nc1c(cnn1C)CN2C(=O)c1ccc(CNC(=O)OC2CCN(CC3CC3)CC2)c(C)c1. The summed E-state index contributed by atoms with van der Waals surface area (Å²) in [6, 6.07) is 11.7. The van der Waals surface area contributed by atoms with Crippen LogP contribution in [0.1, 0.15) is 58.3 Å². The monoisotopic (exact) mass is 542 g/mol. The summed E-state index contributed by atoms with van der Waals surface area (Å²) in [4.78, 5) is 30.6. The maximum absolute atomic E-state index is 13.8. The number of ether oxygens (including phenoxy) is 1. The van der Waals surface area contributed by atoms with Crippen LogP contribution in [0.5, 0.6) is 0 Å². The lowest BCUT2D eigenvalue weighted by molar-refractivity contribution is 0.0493. The van der Waals surface area contributed by atoms with Crippen molar-refractivity contribution < 1.29 is 14.3 Å². The topological polar surface area (TPSA) is 91.7 Å². The molecule has 2 N–H and O–H groups in total. The van der Waals surface area contributed by atoms with Crippen LogP contribution < -0.4 is 15.5 Å². The summed E-state index contributed by atoms with van der Waals surface area (Å²) in [5, 5.41) is 10.8. The number of fused-ring (bicyclic) bond motifs is 2. The zero-order valence-corrected chi connectivity index (χ0v) is 23.6. The highest BCUT2D eigenvalue weighted by molar-refractivity contribution is 6.08. The van der Waals surface area contributed by atoms with Gasteiger partial charge in [-0.3, -0.25) is 9.48 Å². The highest BCUT2D eigenvalue weighted by Crippen LogP contribution is 2.37. The minimum atomic E-state index is -0.378. The Hall–Kier alpha value is -3.85. The highest BCUT2D eigenvalue weighted by Gasteiger charge is 2.29. The molecule has 2 aliphatic heterocycles. The van der Waals surface area contributed by atoms with E-state index in [0.29, 0.717) is 18.7 Å². The number of rotatable bonds is 6. The molecule has 0 spiro atoms. The van der Waals surface area contributed by atoms with Crippen molar-refractivity contribution in [2.24, 2.45) is 13.0 Å². The minimum absolute atomic E-state index is 0.0216. The first kappa shape index (κ1) is 26.4. The van der Waals surface area contributed by atoms with E-state index in [4.69, 9.17) is 4.74 Å². The van der Waals surface area contributed by atoms with Crippen molar-refractivity contribution in [3.63, 3.8) is 0 Å². The Balaban J connectivity index is 1.09. The van der Waals surface area contributed by atoms with E-state index < -0.39 is 0 Å². The Labute approximate surface area is 235 Å². The van der Waals surface area contributed by atoms with E-state index in [1.165, 1.54) is 19.4 Å². The molecule has 2 fully saturated rings. The van der Waals surface area contributed by atoms with Gasteiger partial charge in [-0.2, -0.15) is 5.10 Å². The van der Waals surface area contributed by atoms with Gasteiger partial charge in [0.15, 0.2) is 0 Å². The predicted octanol–water partition coefficient (Wildman–Crippen LogP) is 5.04. The van der Waals surface area contributed by atoms with Crippen LogP contribution >= 0.6 is 0 Å². The van der Waals surface area contributed by atoms with Gasteiger partial charge in [0.05, 0.1) is 24.1 Å². The summed E-state index contributed by atoms with van der Waals surface area (Å²) in [7, 11) is 1.89. The molecule has 1 saturated carbocycles. The number of benzene rings is 2. The van der Waals surface area contributed by atoms with Gasteiger partial charge in [-0.15, -0.1) is 0 Å². The van der Waals surface area contributed by atoms with Gasteiger partial charge in [-0.25, -0.2) is 4.79 Å². The number of alkyl carbamates (subject to hydrolysis) is 1. The first-order valence-corrected chi connectivity index (χ1v) is 14.3. The third-order valence-electron chi connectivity index (χ3n) is 8.32. The van der Waals surface area contributed by atoms with Gasteiger partial charge in [0.2, 0.25) is 0 Å². The third-order valence-corrected chi connectivity index (χ3v) is 8.32. The molecule has 3 heterocycles. The molecular weight excluding hydrogens is 504 g/mol. The van der Waals surface area contributed by atoms with Crippen LogP contribution in [0.2, 0.25) is 0 Å². The Morgan fingerprint density at radius 3 is 2.62 bits per heavy atom. The second kappa shape index (κ2) is 11.0. The molecule has 0 bridgehead atoms. The van der Waals surface area contributed by atoms with Gasteiger partial charge in [-0.1, -0.05) is 12.1 Å². The zero-order valence-electron chi connectivity index (χ0n) is 23.6. The van der Waals surface area contributed by atoms with E-state index in [1.54, 1.807) is 15.8 Å². The molecule has 0 atom stereocenters. The minimum Gasteiger partial charge on any atom is -0.446 e. The molecule has 9 heteroatoms. The number of piperidine rings is 1. The van der Waals surface area contributed by atoms with Crippen molar-refractivity contribution in [3.05, 3.63) is 70.4 Å². The van der Waals surface area contributed by atoms with Crippen LogP contribution in [0.15, 0.2) is 42.6 Å². The number of amides is 2. The van der Waals surface area contributed by atoms with Gasteiger partial charge >= 0.3 is 6.09 Å². The van der Waals surface area contributed by atoms with Crippen molar-refractivity contribution >= 4 is 29.2 Å². The number of likely N-dealkylation sites (tertiary alicyclic amines) is 1. The lowest BCUT2D eigenvalue weighted by Gasteiger charge is -2.31. The fourth-order valence-electron chi connectivity index (χ4n) is 5.73. The number of hydrogen-bond donors (Lipinski definition) is 2. The average Bonchev–Trinajstić information content (AvgIpc) is 3.72. The Kier molecular flexibility index (Phi) is 7.23. The van der Waals surface area contributed by atoms with E-state index in [0.717, 1.165) is 71.3 Å². The van der Waals surface area contributed by atoms with Crippen LogP contribution in [0.3, 0.4) is 0 Å². The first-order chi connectivity index (χ1) is 19.3. The fourth-order valence-corrected chi connectivity index (χ4v) is 5.73. The first-order valence-electron chi connectivity index (χ1n) is 14.3. The van der Waals surface area contributed by atoms with E-state index in [9.17, 15) is 9.59 Å². The van der Waals surface area contributed by atoms with E-state index >= 15 is 0 Å². The Morgan fingerprint density at radius 2 is 1.88 bits per heavy atom. The third kappa shape index (κ3) is 5.70. The van der Waals surface area contributed by atoms with Crippen LogP contribution in [0.4, 0.5) is 22.0 Å². The fraction of sp³-hybridized carbons (Fsp3) is 0.452. The maximum Gasteiger partial charge on any atom is 0.407 e. The van der Waals surface area contributed by atoms with Crippen molar-refractivity contribution in [1.29, 1.82) is 0 Å². The quantitative estimate of drug-likeness (QED) is 0.454. The molecule has 40 heavy (non-hydrogen) atoms. The number of hydrogen-bond acceptors (Lipinski definition) is 6. The highest BCUT2D eigenvalue weighted by atomic mass is 16.6. The van der Waals surface area contributed by atoms with E-state index in [2.05, 4.69) is 20.6 Å². The summed E-state index contributed by atoms with van der Waals surface area (Å²) < 4.78 is 7.49. The van der Waals surface area contributed by atoms with Gasteiger partial charge in [0.1, 0.15) is 11.9 Å². The molecule has 2 amide bonds. The molecule has 6 rings (SSSR count). The molecule has 3 aromatic rings. The summed E-state index contributed by atoms with van der Waals surface area (Å²) in [6.45, 7) is 7.97. The Bertz CT molecular complexity index is 1420. The molecule has 3 aliphatic rings. The van der Waals surface area contributed by atoms with Crippen molar-refractivity contribution in [1.82, 2.24) is 20.0 Å². The normalized spacial score (nSPS) is 17.4. The predicted molar refractivity (Wildman–Crippen MR) is 155 cm³/mol. The molecular formula is C31H38N6O3. The molecule has 0 unspecified atom stereocenters. The largest absolute Gasteiger partial charge is 0.446 e. The molecule has 0 radical (unpaired) electrons. The summed E-state index contributed by atoms with van der Waals surface area (Å²) >= 11 is 0. The number of nitrogens with one attached hydrogen (secondary N) is 2. The lowest BCUT2D eigenvalue weighted by atomic mass is 10.0. The van der Waals surface area contributed by atoms with Crippen molar-refractivity contribution in [3.8, 4) is 0 Å². The number of anilines is 3. The average molecular weight is 543 g/mol. The van der Waals surface area contributed by atoms with Gasteiger partial charge < -0.3 is 25.2 Å². The van der Waals surface area contributed by atoms with Crippen LogP contribution in [0, 0.1) is 19.8 Å². The standard InChI is InChI=1S/C31H38N6O3/c1-20-4-9-28-27(14-20)34-29-25(17-33-35(29)3)19-37(28)30(38)23-7-8-24(21(2)15-23)16-32-31(39)40-26-10-12-36(13-11-26)18-22-5-6-22/h4,7-9,14-15,17,22,26,34H,5-6,10-13,16,18-19H2,1-3H3,(H,32,39). The maximum atomic E-state index is 13.8. The van der Waals surface area contributed by atoms with E-state index in [1.807, 2.05) is 57.3 Å². The van der Waals surface area contributed by atoms with Crippen molar-refractivity contribution in [2.75, 3.05) is 29.9 Å². The second-order valence-electron chi connectivity index (χ2n) is 11.5. The Morgan fingerprint density at radius 1 is 1.07 bits per heavy atom. The summed E-state index contributed by atoms with van der Waals surface area (Å²) in [5.41, 5.74) is 6.26. The molecule has 2 aromatic carbocycles. The molecule has 1 saturated heterocycles. The number of aryl methyl sites for hydroxylation is 3. The molecule has 9 nitrogen and oxygen atoms in total. The number of aromatic nitrogens is 2. The van der Waals surface area contributed by atoms with Crippen LogP contribution in [0.25, 0.3) is 0 Å². The van der Waals surface area contributed by atoms with Gasteiger partial charge in [-0.05, 0) is 86.4 Å². The second-order valence-corrected chi connectivity index (χ2v) is 11.5. The van der Waals surface area contributed by atoms with Crippen LogP contribution in [-0.4, -0.2) is 52.4 Å². The number of carbonyl (C=O) groups is 2. The van der Waals surface area contributed by atoms with Crippen LogP contribution in [-0.2, 0) is 24.9 Å². The lowest BCUT2D eigenvalue weighted by Crippen LogP contribution is -2.40. The summed E-state index contributed by atoms with van der Waals surface area (Å²) in [5.74, 6) is 1.69. The zero-order chi connectivity index (χ0) is 27.8. The molecule has 1 aliphatic carbocycles. The van der Waals surface area contributed by atoms with Gasteiger partial charge in [0, 0.05) is 44.4 Å². The molecule has 1 aromatic heterocycles. The number of nitrogens with zero attached hydrogens (tertiary/aromatic N) is 4. The van der Waals surface area contributed by atoms with E-state index in [-0.39, 0.29) is 18.1 Å². The number of carbonyl (C=O) groups excluding carboxylic acids is 2. The molecule has 210 valence electrons. The smallest absolute Gasteiger partial charge is 0.407 e.